The fraction of sp³-hybridized carbons (Fsp3) is 0.667. The van der Waals surface area contributed by atoms with Crippen molar-refractivity contribution in [2.45, 2.75) is 70.0 Å². The molecule has 2 aromatic heterocycles. The molecule has 0 spiro atoms. The van der Waals surface area contributed by atoms with E-state index in [2.05, 4.69) is 19.2 Å². The van der Waals surface area contributed by atoms with Gasteiger partial charge in [0, 0.05) is 18.0 Å². The predicted octanol–water partition coefficient (Wildman–Crippen LogP) is 3.91. The van der Waals surface area contributed by atoms with Crippen molar-refractivity contribution in [2.75, 3.05) is 5.75 Å². The summed E-state index contributed by atoms with van der Waals surface area (Å²) in [4.78, 5) is 32.4. The van der Waals surface area contributed by atoms with Gasteiger partial charge in [-0.25, -0.2) is 4.98 Å². The summed E-state index contributed by atoms with van der Waals surface area (Å²) in [6.45, 7) is 4.51. The standard InChI is InChI=1S/C21H29N3O2S2/c1-12-7-6-9-15(13(12)2)22-17(25)11-27-21-23-19-18(20(26)24(21)3)14-8-4-5-10-16(14)28-19/h12-13,15H,4-11H2,1-3H3,(H,22,25)/t12-,13+,15-/m1/s1. The number of nitrogens with zero attached hydrogens (tertiary/aromatic N) is 2. The van der Waals surface area contributed by atoms with Gasteiger partial charge in [-0.3, -0.25) is 14.2 Å². The van der Waals surface area contributed by atoms with Crippen LogP contribution in [0.4, 0.5) is 0 Å². The van der Waals surface area contributed by atoms with Crippen LogP contribution in [0.15, 0.2) is 9.95 Å². The molecule has 2 aliphatic rings. The van der Waals surface area contributed by atoms with Gasteiger partial charge in [0.15, 0.2) is 5.16 Å². The molecule has 1 amide bonds. The number of aromatic nitrogens is 2. The van der Waals surface area contributed by atoms with Crippen molar-refractivity contribution < 1.29 is 4.79 Å². The molecular formula is C21H29N3O2S2. The first-order chi connectivity index (χ1) is 13.5. The maximum Gasteiger partial charge on any atom is 0.262 e. The van der Waals surface area contributed by atoms with Crippen LogP contribution in [-0.2, 0) is 24.7 Å². The fourth-order valence-corrected chi connectivity index (χ4v) is 6.65. The van der Waals surface area contributed by atoms with Crippen molar-refractivity contribution in [1.82, 2.24) is 14.9 Å². The molecule has 1 saturated carbocycles. The number of thioether (sulfide) groups is 1. The van der Waals surface area contributed by atoms with E-state index in [4.69, 9.17) is 4.98 Å². The Morgan fingerprint density at radius 2 is 2.04 bits per heavy atom. The molecule has 2 aromatic rings. The Bertz CT molecular complexity index is 949. The van der Waals surface area contributed by atoms with Gasteiger partial charge in [-0.15, -0.1) is 11.3 Å². The van der Waals surface area contributed by atoms with Crippen LogP contribution >= 0.6 is 23.1 Å². The second-order valence-corrected chi connectivity index (χ2v) is 10.4. The van der Waals surface area contributed by atoms with Gasteiger partial charge in [0.2, 0.25) is 5.91 Å². The molecule has 0 aliphatic heterocycles. The van der Waals surface area contributed by atoms with Crippen molar-refractivity contribution in [2.24, 2.45) is 18.9 Å². The Balaban J connectivity index is 1.48. The van der Waals surface area contributed by atoms with Gasteiger partial charge < -0.3 is 5.32 Å². The van der Waals surface area contributed by atoms with Gasteiger partial charge in [0.1, 0.15) is 4.83 Å². The number of aryl methyl sites for hydroxylation is 2. The minimum atomic E-state index is 0.0297. The molecular weight excluding hydrogens is 390 g/mol. The molecule has 0 bridgehead atoms. The first kappa shape index (κ1) is 20.0. The van der Waals surface area contributed by atoms with Gasteiger partial charge in [-0.2, -0.15) is 0 Å². The summed E-state index contributed by atoms with van der Waals surface area (Å²) < 4.78 is 1.62. The molecule has 1 N–H and O–H groups in total. The molecule has 3 atom stereocenters. The SMILES string of the molecule is C[C@H]1[C@H](C)CCC[C@H]1NC(=O)CSc1nc2sc3c(c2c(=O)n1C)CCCC3. The van der Waals surface area contributed by atoms with Crippen LogP contribution < -0.4 is 10.9 Å². The van der Waals surface area contributed by atoms with E-state index < -0.39 is 0 Å². The Labute approximate surface area is 174 Å². The van der Waals surface area contributed by atoms with E-state index in [1.807, 2.05) is 0 Å². The maximum absolute atomic E-state index is 12.9. The van der Waals surface area contributed by atoms with E-state index in [-0.39, 0.29) is 17.5 Å². The van der Waals surface area contributed by atoms with Gasteiger partial charge in [-0.1, -0.05) is 38.5 Å². The normalized spacial score (nSPS) is 24.9. The highest BCUT2D eigenvalue weighted by Gasteiger charge is 2.28. The zero-order valence-corrected chi connectivity index (χ0v) is 18.5. The van der Waals surface area contributed by atoms with E-state index in [9.17, 15) is 9.59 Å². The van der Waals surface area contributed by atoms with Crippen molar-refractivity contribution in [3.05, 3.63) is 20.8 Å². The van der Waals surface area contributed by atoms with Crippen LogP contribution in [0.2, 0.25) is 0 Å². The van der Waals surface area contributed by atoms with E-state index in [0.29, 0.717) is 22.7 Å². The van der Waals surface area contributed by atoms with Crippen molar-refractivity contribution in [1.29, 1.82) is 0 Å². The lowest BCUT2D eigenvalue weighted by atomic mass is 9.78. The minimum absolute atomic E-state index is 0.0297. The summed E-state index contributed by atoms with van der Waals surface area (Å²) in [5, 5.41) is 4.65. The van der Waals surface area contributed by atoms with Crippen molar-refractivity contribution in [3.63, 3.8) is 0 Å². The largest absolute Gasteiger partial charge is 0.352 e. The average Bonchev–Trinajstić information content (AvgIpc) is 3.05. The highest BCUT2D eigenvalue weighted by atomic mass is 32.2. The van der Waals surface area contributed by atoms with Crippen LogP contribution in [-0.4, -0.2) is 27.3 Å². The smallest absolute Gasteiger partial charge is 0.262 e. The number of fused-ring (bicyclic) bond motifs is 3. The lowest BCUT2D eigenvalue weighted by molar-refractivity contribution is -0.120. The van der Waals surface area contributed by atoms with Crippen LogP contribution in [0.25, 0.3) is 10.2 Å². The summed E-state index contributed by atoms with van der Waals surface area (Å²) in [5.74, 6) is 1.50. The maximum atomic E-state index is 12.9. The predicted molar refractivity (Wildman–Crippen MR) is 116 cm³/mol. The Morgan fingerprint density at radius 3 is 2.86 bits per heavy atom. The molecule has 1 fully saturated rings. The number of carbonyl (C=O) groups is 1. The topological polar surface area (TPSA) is 64.0 Å². The number of hydrogen-bond donors (Lipinski definition) is 1. The zero-order valence-electron chi connectivity index (χ0n) is 16.9. The average molecular weight is 420 g/mol. The molecule has 0 unspecified atom stereocenters. The second-order valence-electron chi connectivity index (χ2n) is 8.38. The molecule has 4 rings (SSSR count). The number of nitrogens with one attached hydrogen (secondary N) is 1. The summed E-state index contributed by atoms with van der Waals surface area (Å²) in [6, 6.07) is 0.264. The fourth-order valence-electron chi connectivity index (χ4n) is 4.56. The number of carbonyl (C=O) groups excluding carboxylic acids is 1. The van der Waals surface area contributed by atoms with E-state index >= 15 is 0 Å². The number of thiophene rings is 1. The third kappa shape index (κ3) is 3.75. The molecule has 2 heterocycles. The van der Waals surface area contributed by atoms with Crippen molar-refractivity contribution in [3.8, 4) is 0 Å². The Kier molecular flexibility index (Phi) is 5.83. The quantitative estimate of drug-likeness (QED) is 0.603. The molecule has 7 heteroatoms. The van der Waals surface area contributed by atoms with Gasteiger partial charge in [0.25, 0.3) is 5.56 Å². The van der Waals surface area contributed by atoms with Crippen LogP contribution in [0, 0.1) is 11.8 Å². The highest BCUT2D eigenvalue weighted by molar-refractivity contribution is 7.99. The zero-order chi connectivity index (χ0) is 19.8. The molecule has 2 aliphatic carbocycles. The number of hydrogen-bond acceptors (Lipinski definition) is 5. The van der Waals surface area contributed by atoms with Gasteiger partial charge in [0.05, 0.1) is 11.1 Å². The van der Waals surface area contributed by atoms with Crippen LogP contribution in [0.1, 0.15) is 56.4 Å². The Morgan fingerprint density at radius 1 is 1.25 bits per heavy atom. The lowest BCUT2D eigenvalue weighted by Crippen LogP contribution is -2.44. The third-order valence-corrected chi connectivity index (χ3v) is 8.76. The van der Waals surface area contributed by atoms with E-state index in [1.54, 1.807) is 23.0 Å². The summed E-state index contributed by atoms with van der Waals surface area (Å²) in [7, 11) is 1.77. The van der Waals surface area contributed by atoms with Crippen molar-refractivity contribution >= 4 is 39.2 Å². The van der Waals surface area contributed by atoms with Crippen LogP contribution in [0.5, 0.6) is 0 Å². The molecule has 0 saturated heterocycles. The van der Waals surface area contributed by atoms with Gasteiger partial charge in [-0.05, 0) is 49.5 Å². The first-order valence-corrected chi connectivity index (χ1v) is 12.2. The lowest BCUT2D eigenvalue weighted by Gasteiger charge is -2.34. The molecule has 152 valence electrons. The van der Waals surface area contributed by atoms with Crippen LogP contribution in [0.3, 0.4) is 0 Å². The summed E-state index contributed by atoms with van der Waals surface area (Å²) in [5.41, 5.74) is 1.25. The molecule has 5 nitrogen and oxygen atoms in total. The van der Waals surface area contributed by atoms with E-state index in [1.165, 1.54) is 41.5 Å². The molecule has 0 aromatic carbocycles. The molecule has 0 radical (unpaired) electrons. The second kappa shape index (κ2) is 8.19. The summed E-state index contributed by atoms with van der Waals surface area (Å²) in [6.07, 6.45) is 7.88. The monoisotopic (exact) mass is 419 g/mol. The number of rotatable bonds is 4. The minimum Gasteiger partial charge on any atom is -0.352 e. The highest BCUT2D eigenvalue weighted by Crippen LogP contribution is 2.34. The van der Waals surface area contributed by atoms with E-state index in [0.717, 1.165) is 35.9 Å². The molecule has 28 heavy (non-hydrogen) atoms. The first-order valence-electron chi connectivity index (χ1n) is 10.4. The third-order valence-electron chi connectivity index (χ3n) is 6.54. The van der Waals surface area contributed by atoms with Gasteiger partial charge >= 0.3 is 0 Å². The summed E-state index contributed by atoms with van der Waals surface area (Å²) >= 11 is 3.03. The Hall–Kier alpha value is -1.34. The number of amides is 1.